The molecule has 2 aliphatic rings. The van der Waals surface area contributed by atoms with Gasteiger partial charge < -0.3 is 4.90 Å². The Balaban J connectivity index is 1.62. The van der Waals surface area contributed by atoms with Gasteiger partial charge in [0.05, 0.1) is 10.6 Å². The van der Waals surface area contributed by atoms with E-state index >= 15 is 0 Å². The fraction of sp³-hybridized carbons (Fsp3) is 0.350. The Kier molecular flexibility index (Phi) is 4.22. The first kappa shape index (κ1) is 18.0. The maximum atomic E-state index is 13.7. The quantitative estimate of drug-likeness (QED) is 0.870. The summed E-state index contributed by atoms with van der Waals surface area (Å²) in [5.74, 6) is -0.225. The van der Waals surface area contributed by atoms with Crippen LogP contribution in [0, 0.1) is 18.7 Å². The Morgan fingerprint density at radius 2 is 1.93 bits per heavy atom. The Bertz CT molecular complexity index is 1030. The van der Waals surface area contributed by atoms with E-state index in [4.69, 9.17) is 0 Å². The Morgan fingerprint density at radius 1 is 1.19 bits per heavy atom. The summed E-state index contributed by atoms with van der Waals surface area (Å²) < 4.78 is 41.5. The smallest absolute Gasteiger partial charge is 0.261 e. The van der Waals surface area contributed by atoms with E-state index in [1.165, 1.54) is 24.3 Å². The van der Waals surface area contributed by atoms with Gasteiger partial charge in [0, 0.05) is 17.6 Å². The number of benzene rings is 2. The highest BCUT2D eigenvalue weighted by atomic mass is 32.2. The van der Waals surface area contributed by atoms with Gasteiger partial charge in [-0.25, -0.2) is 12.8 Å². The second-order valence-corrected chi connectivity index (χ2v) is 9.08. The van der Waals surface area contributed by atoms with Crippen LogP contribution in [0.5, 0.6) is 0 Å². The van der Waals surface area contributed by atoms with Crippen molar-refractivity contribution < 1.29 is 17.6 Å². The molecule has 0 bridgehead atoms. The normalized spacial score (nSPS) is 19.1. The third kappa shape index (κ3) is 3.32. The van der Waals surface area contributed by atoms with Crippen LogP contribution in [0.1, 0.15) is 30.9 Å². The number of amides is 1. The number of nitrogens with one attached hydrogen (secondary N) is 1. The summed E-state index contributed by atoms with van der Waals surface area (Å²) in [6.45, 7) is 3.59. The van der Waals surface area contributed by atoms with Gasteiger partial charge in [-0.1, -0.05) is 6.07 Å². The zero-order valence-electron chi connectivity index (χ0n) is 15.2. The van der Waals surface area contributed by atoms with Crippen molar-refractivity contribution in [2.75, 3.05) is 9.62 Å². The molecule has 4 rings (SSSR count). The van der Waals surface area contributed by atoms with E-state index in [0.717, 1.165) is 24.1 Å². The molecule has 7 heteroatoms. The van der Waals surface area contributed by atoms with Crippen LogP contribution in [-0.2, 0) is 21.2 Å². The fourth-order valence-corrected chi connectivity index (χ4v) is 4.61. The summed E-state index contributed by atoms with van der Waals surface area (Å²) >= 11 is 0. The predicted molar refractivity (Wildman–Crippen MR) is 102 cm³/mol. The number of hydrogen-bond acceptors (Lipinski definition) is 3. The van der Waals surface area contributed by atoms with Crippen molar-refractivity contribution in [1.82, 2.24) is 0 Å². The third-order valence-electron chi connectivity index (χ3n) is 5.16. The maximum absolute atomic E-state index is 13.7. The highest BCUT2D eigenvalue weighted by Crippen LogP contribution is 2.39. The van der Waals surface area contributed by atoms with E-state index in [2.05, 4.69) is 4.72 Å². The summed E-state index contributed by atoms with van der Waals surface area (Å²) in [7, 11) is -3.84. The molecule has 1 aliphatic heterocycles. The number of aryl methyl sites for hydroxylation is 1. The molecule has 1 atom stereocenters. The van der Waals surface area contributed by atoms with Gasteiger partial charge >= 0.3 is 0 Å². The minimum Gasteiger partial charge on any atom is -0.309 e. The summed E-state index contributed by atoms with van der Waals surface area (Å²) in [6.07, 6.45) is 2.48. The van der Waals surface area contributed by atoms with Crippen LogP contribution in [0.4, 0.5) is 15.8 Å². The average molecular weight is 388 g/mol. The zero-order valence-corrected chi connectivity index (χ0v) is 16.0. The molecule has 1 N–H and O–H groups in total. The molecule has 1 fully saturated rings. The van der Waals surface area contributed by atoms with E-state index in [0.29, 0.717) is 12.0 Å². The third-order valence-corrected chi connectivity index (χ3v) is 6.54. The average Bonchev–Trinajstić information content (AvgIpc) is 3.39. The van der Waals surface area contributed by atoms with Crippen molar-refractivity contribution in [2.45, 2.75) is 44.0 Å². The fourth-order valence-electron chi connectivity index (χ4n) is 3.51. The molecule has 1 amide bonds. The van der Waals surface area contributed by atoms with Gasteiger partial charge in [0.25, 0.3) is 10.0 Å². The van der Waals surface area contributed by atoms with Gasteiger partial charge in [0.1, 0.15) is 5.82 Å². The molecule has 27 heavy (non-hydrogen) atoms. The Hall–Kier alpha value is -2.41. The molecule has 0 unspecified atom stereocenters. The lowest BCUT2D eigenvalue weighted by Gasteiger charge is -2.22. The highest BCUT2D eigenvalue weighted by molar-refractivity contribution is 7.92. The molecule has 0 spiro atoms. The molecule has 5 nitrogen and oxygen atoms in total. The molecular weight excluding hydrogens is 367 g/mol. The van der Waals surface area contributed by atoms with Gasteiger partial charge in [0.15, 0.2) is 0 Å². The van der Waals surface area contributed by atoms with E-state index in [1.807, 2.05) is 6.92 Å². The van der Waals surface area contributed by atoms with Gasteiger partial charge in [-0.3, -0.25) is 9.52 Å². The first-order valence-electron chi connectivity index (χ1n) is 9.01. The lowest BCUT2D eigenvalue weighted by molar-refractivity contribution is -0.120. The molecule has 2 aromatic carbocycles. The van der Waals surface area contributed by atoms with Gasteiger partial charge in [-0.2, -0.15) is 0 Å². The molecule has 0 saturated heterocycles. The number of fused-ring (bicyclic) bond motifs is 1. The van der Waals surface area contributed by atoms with E-state index in [1.54, 1.807) is 24.0 Å². The van der Waals surface area contributed by atoms with Gasteiger partial charge in [-0.15, -0.1) is 0 Å². The van der Waals surface area contributed by atoms with Crippen LogP contribution in [0.15, 0.2) is 41.3 Å². The number of halogens is 1. The first-order chi connectivity index (χ1) is 12.8. The van der Waals surface area contributed by atoms with Crippen LogP contribution < -0.4 is 9.62 Å². The van der Waals surface area contributed by atoms with Crippen LogP contribution in [0.25, 0.3) is 0 Å². The van der Waals surface area contributed by atoms with Crippen molar-refractivity contribution in [3.8, 4) is 0 Å². The molecule has 1 aliphatic carbocycles. The minimum atomic E-state index is -3.84. The van der Waals surface area contributed by atoms with Crippen LogP contribution >= 0.6 is 0 Å². The first-order valence-corrected chi connectivity index (χ1v) is 10.5. The molecule has 0 aromatic heterocycles. The molecule has 1 saturated carbocycles. The lowest BCUT2D eigenvalue weighted by atomic mass is 10.1. The van der Waals surface area contributed by atoms with Crippen molar-refractivity contribution in [1.29, 1.82) is 0 Å². The van der Waals surface area contributed by atoms with Gasteiger partial charge in [0.2, 0.25) is 5.91 Å². The SMILES string of the molecule is Cc1ccc(NS(=O)(=O)c2ccc3c(c2)C[C@@H](C)N3C(=O)C2CC2)cc1F. The highest BCUT2D eigenvalue weighted by Gasteiger charge is 2.39. The lowest BCUT2D eigenvalue weighted by Crippen LogP contribution is -2.36. The number of anilines is 2. The summed E-state index contributed by atoms with van der Waals surface area (Å²) in [4.78, 5) is 14.4. The van der Waals surface area contributed by atoms with E-state index in [9.17, 15) is 17.6 Å². The van der Waals surface area contributed by atoms with Crippen molar-refractivity contribution in [3.05, 3.63) is 53.3 Å². The molecular formula is C20H21FN2O3S. The second kappa shape index (κ2) is 6.34. The largest absolute Gasteiger partial charge is 0.309 e. The van der Waals surface area contributed by atoms with Crippen LogP contribution in [0.2, 0.25) is 0 Å². The van der Waals surface area contributed by atoms with Crippen molar-refractivity contribution in [3.63, 3.8) is 0 Å². The Labute approximate surface area is 158 Å². The van der Waals surface area contributed by atoms with Crippen molar-refractivity contribution in [2.24, 2.45) is 5.92 Å². The molecule has 142 valence electrons. The molecule has 1 heterocycles. The molecule has 0 radical (unpaired) electrons. The van der Waals surface area contributed by atoms with Crippen LogP contribution in [-0.4, -0.2) is 20.4 Å². The van der Waals surface area contributed by atoms with Gasteiger partial charge in [-0.05, 0) is 74.6 Å². The second-order valence-electron chi connectivity index (χ2n) is 7.40. The standard InChI is InChI=1S/C20H21FN2O3S/c1-12-3-6-16(11-18(12)21)22-27(25,26)17-7-8-19-15(10-17)9-13(2)23(19)20(24)14-4-5-14/h3,6-8,10-11,13-14,22H,4-5,9H2,1-2H3/t13-/m1/s1. The zero-order chi connectivity index (χ0) is 19.3. The number of hydrogen-bond donors (Lipinski definition) is 1. The van der Waals surface area contributed by atoms with Crippen molar-refractivity contribution >= 4 is 27.3 Å². The maximum Gasteiger partial charge on any atom is 0.261 e. The van der Waals surface area contributed by atoms with E-state index < -0.39 is 15.8 Å². The number of carbonyl (C=O) groups is 1. The molecule has 2 aromatic rings. The number of rotatable bonds is 4. The number of nitrogens with zero attached hydrogens (tertiary/aromatic N) is 1. The Morgan fingerprint density at radius 3 is 2.59 bits per heavy atom. The number of sulfonamides is 1. The monoisotopic (exact) mass is 388 g/mol. The summed E-state index contributed by atoms with van der Waals surface area (Å²) in [5.41, 5.74) is 2.26. The van der Waals surface area contributed by atoms with E-state index in [-0.39, 0.29) is 28.4 Å². The van der Waals surface area contributed by atoms with Crippen LogP contribution in [0.3, 0.4) is 0 Å². The topological polar surface area (TPSA) is 66.5 Å². The summed E-state index contributed by atoms with van der Waals surface area (Å²) in [5, 5.41) is 0. The summed E-state index contributed by atoms with van der Waals surface area (Å²) in [6, 6.07) is 9.04. The number of carbonyl (C=O) groups excluding carboxylic acids is 1. The predicted octanol–water partition coefficient (Wildman–Crippen LogP) is 3.62. The minimum absolute atomic E-state index is 0.0187.